The number of rotatable bonds is 1. The van der Waals surface area contributed by atoms with Crippen LogP contribution in [0.15, 0.2) is 18.2 Å². The number of pyridine rings is 1. The number of non-ortho nitro benzene ring substituents is 1. The average molecular weight is 243 g/mol. The normalized spacial score (nSPS) is 14.4. The van der Waals surface area contributed by atoms with Crippen LogP contribution in [0.3, 0.4) is 0 Å². The molecule has 0 fully saturated rings. The molecular weight excluding hydrogens is 230 g/mol. The van der Waals surface area contributed by atoms with E-state index < -0.39 is 4.92 Å². The van der Waals surface area contributed by atoms with Crippen molar-refractivity contribution in [2.75, 3.05) is 5.73 Å². The number of aryl methyl sites for hydroxylation is 1. The van der Waals surface area contributed by atoms with E-state index in [-0.39, 0.29) is 5.69 Å². The smallest absolute Gasteiger partial charge is 0.295 e. The minimum absolute atomic E-state index is 0.0348. The molecule has 1 aromatic carbocycles. The van der Waals surface area contributed by atoms with Crippen molar-refractivity contribution in [3.8, 4) is 0 Å². The highest BCUT2D eigenvalue weighted by atomic mass is 16.6. The van der Waals surface area contributed by atoms with Gasteiger partial charge in [-0.25, -0.2) is 4.98 Å². The minimum Gasteiger partial charge on any atom is -0.398 e. The van der Waals surface area contributed by atoms with Crippen molar-refractivity contribution < 1.29 is 4.92 Å². The Bertz CT molecular complexity index is 652. The van der Waals surface area contributed by atoms with Crippen LogP contribution in [0.4, 0.5) is 11.4 Å². The van der Waals surface area contributed by atoms with Gasteiger partial charge < -0.3 is 5.73 Å². The average Bonchev–Trinajstić information content (AvgIpc) is 2.38. The van der Waals surface area contributed by atoms with Gasteiger partial charge in [0.25, 0.3) is 5.69 Å². The standard InChI is InChI=1S/C13H13N3O2/c14-12-8-4-1-2-6-10(8)15-13-9(12)5-3-7-11(13)16(17)18/h3,5,7H,1-2,4,6H2,(H2,14,15). The van der Waals surface area contributed by atoms with E-state index in [1.54, 1.807) is 12.1 Å². The molecule has 1 aliphatic rings. The molecule has 0 unspecified atom stereocenters. The summed E-state index contributed by atoms with van der Waals surface area (Å²) < 4.78 is 0. The van der Waals surface area contributed by atoms with E-state index in [2.05, 4.69) is 4.98 Å². The number of nitro benzene ring substituents is 1. The topological polar surface area (TPSA) is 82.0 Å². The summed E-state index contributed by atoms with van der Waals surface area (Å²) in [5, 5.41) is 11.7. The number of benzene rings is 1. The molecule has 2 aromatic rings. The molecule has 1 aromatic heterocycles. The van der Waals surface area contributed by atoms with Crippen molar-refractivity contribution in [2.45, 2.75) is 25.7 Å². The number of para-hydroxylation sites is 1. The second-order valence-corrected chi connectivity index (χ2v) is 4.59. The largest absolute Gasteiger partial charge is 0.398 e. The number of nitrogens with two attached hydrogens (primary N) is 1. The van der Waals surface area contributed by atoms with Gasteiger partial charge in [0.05, 0.1) is 4.92 Å². The molecule has 92 valence electrons. The molecule has 5 nitrogen and oxygen atoms in total. The maximum Gasteiger partial charge on any atom is 0.295 e. The predicted octanol–water partition coefficient (Wildman–Crippen LogP) is 2.60. The van der Waals surface area contributed by atoms with Gasteiger partial charge in [-0.3, -0.25) is 10.1 Å². The summed E-state index contributed by atoms with van der Waals surface area (Å²) in [6.07, 6.45) is 3.97. The molecule has 18 heavy (non-hydrogen) atoms. The molecule has 0 atom stereocenters. The maximum atomic E-state index is 11.0. The first-order valence-corrected chi connectivity index (χ1v) is 6.03. The Kier molecular flexibility index (Phi) is 2.40. The van der Waals surface area contributed by atoms with E-state index >= 15 is 0 Å². The van der Waals surface area contributed by atoms with E-state index in [1.807, 2.05) is 0 Å². The summed E-state index contributed by atoms with van der Waals surface area (Å²) in [5.74, 6) is 0. The number of nitro groups is 1. The second kappa shape index (κ2) is 3.94. The molecule has 2 N–H and O–H groups in total. The van der Waals surface area contributed by atoms with E-state index in [4.69, 9.17) is 5.73 Å². The lowest BCUT2D eigenvalue weighted by Crippen LogP contribution is -2.10. The van der Waals surface area contributed by atoms with Crippen molar-refractivity contribution in [2.24, 2.45) is 0 Å². The van der Waals surface area contributed by atoms with Crippen LogP contribution >= 0.6 is 0 Å². The van der Waals surface area contributed by atoms with Crippen molar-refractivity contribution in [1.82, 2.24) is 4.98 Å². The summed E-state index contributed by atoms with van der Waals surface area (Å²) in [6, 6.07) is 4.94. The van der Waals surface area contributed by atoms with Crippen molar-refractivity contribution >= 4 is 22.3 Å². The second-order valence-electron chi connectivity index (χ2n) is 4.59. The number of fused-ring (bicyclic) bond motifs is 2. The lowest BCUT2D eigenvalue weighted by Gasteiger charge is -2.18. The SMILES string of the molecule is Nc1c2c(nc3c([N+](=O)[O-])cccc13)CCCC2. The molecule has 1 heterocycles. The zero-order chi connectivity index (χ0) is 12.7. The lowest BCUT2D eigenvalue weighted by molar-refractivity contribution is -0.383. The number of anilines is 1. The molecule has 0 saturated heterocycles. The summed E-state index contributed by atoms with van der Waals surface area (Å²) in [6.45, 7) is 0. The molecule has 1 aliphatic carbocycles. The Morgan fingerprint density at radius 1 is 1.28 bits per heavy atom. The van der Waals surface area contributed by atoms with Crippen LogP contribution in [0.5, 0.6) is 0 Å². The fraction of sp³-hybridized carbons (Fsp3) is 0.308. The molecule has 0 spiro atoms. The Labute approximate surface area is 104 Å². The van der Waals surface area contributed by atoms with E-state index in [0.717, 1.165) is 36.9 Å². The minimum atomic E-state index is -0.399. The maximum absolute atomic E-state index is 11.0. The number of nitrogen functional groups attached to an aromatic ring is 1. The van der Waals surface area contributed by atoms with Crippen LogP contribution in [-0.2, 0) is 12.8 Å². The van der Waals surface area contributed by atoms with Gasteiger partial charge in [0.2, 0.25) is 0 Å². The Hall–Kier alpha value is -2.17. The summed E-state index contributed by atoms with van der Waals surface area (Å²) >= 11 is 0. The zero-order valence-corrected chi connectivity index (χ0v) is 9.85. The summed E-state index contributed by atoms with van der Waals surface area (Å²) in [4.78, 5) is 15.1. The van der Waals surface area contributed by atoms with Gasteiger partial charge in [0.1, 0.15) is 0 Å². The van der Waals surface area contributed by atoms with Gasteiger partial charge in [0.15, 0.2) is 5.52 Å². The van der Waals surface area contributed by atoms with Gasteiger partial charge in [-0.05, 0) is 31.2 Å². The fourth-order valence-corrected chi connectivity index (χ4v) is 2.61. The number of aromatic nitrogens is 1. The fourth-order valence-electron chi connectivity index (χ4n) is 2.61. The quantitative estimate of drug-likeness (QED) is 0.616. The third-order valence-electron chi connectivity index (χ3n) is 3.51. The molecule has 0 bridgehead atoms. The molecule has 5 heteroatoms. The first kappa shape index (κ1) is 11.0. The van der Waals surface area contributed by atoms with Crippen LogP contribution in [0.1, 0.15) is 24.1 Å². The first-order valence-electron chi connectivity index (χ1n) is 6.03. The molecule has 0 aliphatic heterocycles. The van der Waals surface area contributed by atoms with Gasteiger partial charge in [-0.15, -0.1) is 0 Å². The van der Waals surface area contributed by atoms with Gasteiger partial charge in [-0.1, -0.05) is 12.1 Å². The molecule has 0 radical (unpaired) electrons. The number of nitrogens with zero attached hydrogens (tertiary/aromatic N) is 2. The highest BCUT2D eigenvalue weighted by Gasteiger charge is 2.20. The van der Waals surface area contributed by atoms with Gasteiger partial charge in [0, 0.05) is 22.8 Å². The Morgan fingerprint density at radius 3 is 2.83 bits per heavy atom. The Morgan fingerprint density at radius 2 is 2.06 bits per heavy atom. The summed E-state index contributed by atoms with van der Waals surface area (Å²) in [5.41, 5.74) is 9.27. The van der Waals surface area contributed by atoms with Gasteiger partial charge in [-0.2, -0.15) is 0 Å². The van der Waals surface area contributed by atoms with Crippen LogP contribution in [0.2, 0.25) is 0 Å². The van der Waals surface area contributed by atoms with Crippen LogP contribution < -0.4 is 5.73 Å². The monoisotopic (exact) mass is 243 g/mol. The molecule has 0 saturated carbocycles. The third kappa shape index (κ3) is 1.51. The van der Waals surface area contributed by atoms with Crippen molar-refractivity contribution in [3.05, 3.63) is 39.6 Å². The van der Waals surface area contributed by atoms with Crippen LogP contribution in [0, 0.1) is 10.1 Å². The highest BCUT2D eigenvalue weighted by molar-refractivity contribution is 5.97. The third-order valence-corrected chi connectivity index (χ3v) is 3.51. The van der Waals surface area contributed by atoms with Crippen LogP contribution in [-0.4, -0.2) is 9.91 Å². The van der Waals surface area contributed by atoms with Crippen molar-refractivity contribution in [1.29, 1.82) is 0 Å². The van der Waals surface area contributed by atoms with E-state index in [9.17, 15) is 10.1 Å². The molecular formula is C13H13N3O2. The number of hydrogen-bond donors (Lipinski definition) is 1. The van der Waals surface area contributed by atoms with Crippen LogP contribution in [0.25, 0.3) is 10.9 Å². The van der Waals surface area contributed by atoms with Crippen molar-refractivity contribution in [3.63, 3.8) is 0 Å². The van der Waals surface area contributed by atoms with E-state index in [1.165, 1.54) is 6.07 Å². The lowest BCUT2D eigenvalue weighted by atomic mass is 9.93. The Balaban J connectivity index is 2.38. The molecule has 3 rings (SSSR count). The zero-order valence-electron chi connectivity index (χ0n) is 9.85. The number of hydrogen-bond acceptors (Lipinski definition) is 4. The molecule has 0 amide bonds. The van der Waals surface area contributed by atoms with Gasteiger partial charge >= 0.3 is 0 Å². The van der Waals surface area contributed by atoms with E-state index in [0.29, 0.717) is 16.6 Å². The highest BCUT2D eigenvalue weighted by Crippen LogP contribution is 2.34. The first-order chi connectivity index (χ1) is 8.68. The summed E-state index contributed by atoms with van der Waals surface area (Å²) in [7, 11) is 0. The predicted molar refractivity (Wildman–Crippen MR) is 69.5 cm³/mol.